The molecule has 26 heavy (non-hydrogen) atoms. The maximum atomic E-state index is 11.9. The van der Waals surface area contributed by atoms with Crippen molar-refractivity contribution < 1.29 is 14.3 Å². The number of carbonyl (C=O) groups excluding carboxylic acids is 2. The number of anilines is 1. The van der Waals surface area contributed by atoms with E-state index in [2.05, 4.69) is 5.32 Å². The van der Waals surface area contributed by atoms with Gasteiger partial charge in [0.2, 0.25) is 0 Å². The van der Waals surface area contributed by atoms with Crippen LogP contribution in [0.25, 0.3) is 16.8 Å². The molecule has 1 amide bonds. The monoisotopic (exact) mass is 365 g/mol. The third-order valence-corrected chi connectivity index (χ3v) is 3.91. The van der Waals surface area contributed by atoms with E-state index in [1.807, 2.05) is 42.5 Å². The molecule has 3 aromatic rings. The highest BCUT2D eigenvalue weighted by Crippen LogP contribution is 2.18. The number of carbonyl (C=O) groups is 2. The first-order valence-corrected chi connectivity index (χ1v) is 8.37. The maximum absolute atomic E-state index is 11.9. The van der Waals surface area contributed by atoms with Crippen LogP contribution in [0.2, 0.25) is 5.02 Å². The van der Waals surface area contributed by atoms with E-state index >= 15 is 0 Å². The molecule has 0 heterocycles. The van der Waals surface area contributed by atoms with Gasteiger partial charge in [-0.05, 0) is 46.7 Å². The molecule has 3 aromatic carbocycles. The van der Waals surface area contributed by atoms with Crippen LogP contribution >= 0.6 is 11.6 Å². The molecule has 0 atom stereocenters. The van der Waals surface area contributed by atoms with Crippen molar-refractivity contribution in [3.8, 4) is 0 Å². The molecule has 1 N–H and O–H groups in total. The third-order valence-electron chi connectivity index (χ3n) is 3.66. The smallest absolute Gasteiger partial charge is 0.331 e. The summed E-state index contributed by atoms with van der Waals surface area (Å²) in [4.78, 5) is 23.6. The molecular formula is C21H16ClNO3. The van der Waals surface area contributed by atoms with Gasteiger partial charge >= 0.3 is 5.97 Å². The van der Waals surface area contributed by atoms with Crippen molar-refractivity contribution in [2.75, 3.05) is 11.9 Å². The third kappa shape index (κ3) is 4.94. The summed E-state index contributed by atoms with van der Waals surface area (Å²) in [5.74, 6) is -0.984. The van der Waals surface area contributed by atoms with Gasteiger partial charge in [-0.3, -0.25) is 4.79 Å². The van der Waals surface area contributed by atoms with Crippen LogP contribution < -0.4 is 5.32 Å². The molecular weight excluding hydrogens is 350 g/mol. The quantitative estimate of drug-likeness (QED) is 0.527. The van der Waals surface area contributed by atoms with Crippen molar-refractivity contribution in [1.29, 1.82) is 0 Å². The number of fused-ring (bicyclic) bond motifs is 1. The van der Waals surface area contributed by atoms with Crippen molar-refractivity contribution in [3.63, 3.8) is 0 Å². The number of rotatable bonds is 5. The summed E-state index contributed by atoms with van der Waals surface area (Å²) < 4.78 is 4.95. The van der Waals surface area contributed by atoms with Crippen LogP contribution in [0.5, 0.6) is 0 Å². The highest BCUT2D eigenvalue weighted by molar-refractivity contribution is 6.30. The first-order valence-electron chi connectivity index (χ1n) is 7.99. The van der Waals surface area contributed by atoms with Gasteiger partial charge in [0.15, 0.2) is 6.61 Å². The Hall–Kier alpha value is -3.11. The van der Waals surface area contributed by atoms with Crippen molar-refractivity contribution in [2.24, 2.45) is 0 Å². The SMILES string of the molecule is O=C(COC(=O)/C=C/c1ccc(Cl)cc1)Nc1ccc2ccccc2c1. The van der Waals surface area contributed by atoms with Crippen LogP contribution in [0.4, 0.5) is 5.69 Å². The lowest BCUT2D eigenvalue weighted by atomic mass is 10.1. The number of amides is 1. The van der Waals surface area contributed by atoms with E-state index in [0.29, 0.717) is 10.7 Å². The van der Waals surface area contributed by atoms with Gasteiger partial charge in [-0.2, -0.15) is 0 Å². The Morgan fingerprint density at radius 3 is 2.46 bits per heavy atom. The largest absolute Gasteiger partial charge is 0.452 e. The van der Waals surface area contributed by atoms with Crippen molar-refractivity contribution in [3.05, 3.63) is 83.4 Å². The summed E-state index contributed by atoms with van der Waals surface area (Å²) in [6, 6.07) is 20.5. The summed E-state index contributed by atoms with van der Waals surface area (Å²) in [5.41, 5.74) is 1.47. The second-order valence-corrected chi connectivity index (χ2v) is 6.04. The van der Waals surface area contributed by atoms with Crippen LogP contribution in [0, 0.1) is 0 Å². The van der Waals surface area contributed by atoms with E-state index in [9.17, 15) is 9.59 Å². The second-order valence-electron chi connectivity index (χ2n) is 5.60. The molecule has 0 saturated carbocycles. The van der Waals surface area contributed by atoms with Crippen molar-refractivity contribution in [1.82, 2.24) is 0 Å². The molecule has 4 nitrogen and oxygen atoms in total. The molecule has 0 aliphatic heterocycles. The van der Waals surface area contributed by atoms with Crippen molar-refractivity contribution in [2.45, 2.75) is 0 Å². The number of ether oxygens (including phenoxy) is 1. The zero-order valence-electron chi connectivity index (χ0n) is 13.8. The minimum Gasteiger partial charge on any atom is -0.452 e. The fourth-order valence-electron chi connectivity index (χ4n) is 2.39. The van der Waals surface area contributed by atoms with Crippen LogP contribution in [-0.2, 0) is 14.3 Å². The summed E-state index contributed by atoms with van der Waals surface area (Å²) in [7, 11) is 0. The Morgan fingerprint density at radius 1 is 0.962 bits per heavy atom. The molecule has 0 radical (unpaired) electrons. The molecule has 3 rings (SSSR count). The molecule has 0 unspecified atom stereocenters. The molecule has 0 aliphatic rings. The minimum absolute atomic E-state index is 0.351. The van der Waals surface area contributed by atoms with Gasteiger partial charge in [-0.25, -0.2) is 4.79 Å². The van der Waals surface area contributed by atoms with Crippen LogP contribution in [0.1, 0.15) is 5.56 Å². The summed E-state index contributed by atoms with van der Waals surface area (Å²) in [6.07, 6.45) is 2.87. The van der Waals surface area contributed by atoms with Gasteiger partial charge in [0.25, 0.3) is 5.91 Å². The Labute approximate surface area is 156 Å². The van der Waals surface area contributed by atoms with E-state index in [4.69, 9.17) is 16.3 Å². The minimum atomic E-state index is -0.589. The molecule has 0 aliphatic carbocycles. The van der Waals surface area contributed by atoms with Gasteiger partial charge in [-0.15, -0.1) is 0 Å². The van der Waals surface area contributed by atoms with E-state index < -0.39 is 11.9 Å². The summed E-state index contributed by atoms with van der Waals surface area (Å²) >= 11 is 5.80. The van der Waals surface area contributed by atoms with Gasteiger partial charge in [0.1, 0.15) is 0 Å². The van der Waals surface area contributed by atoms with Crippen molar-refractivity contribution >= 4 is 46.0 Å². The molecule has 0 saturated heterocycles. The van der Waals surface area contributed by atoms with Crippen LogP contribution in [-0.4, -0.2) is 18.5 Å². The molecule has 0 bridgehead atoms. The van der Waals surface area contributed by atoms with E-state index in [-0.39, 0.29) is 6.61 Å². The fourth-order valence-corrected chi connectivity index (χ4v) is 2.51. The Kier molecular flexibility index (Phi) is 5.66. The van der Waals surface area contributed by atoms with E-state index in [0.717, 1.165) is 16.3 Å². The maximum Gasteiger partial charge on any atom is 0.331 e. The number of halogens is 1. The highest BCUT2D eigenvalue weighted by Gasteiger charge is 2.06. The predicted octanol–water partition coefficient (Wildman–Crippen LogP) is 4.69. The number of esters is 1. The second kappa shape index (κ2) is 8.32. The Balaban J connectivity index is 1.51. The van der Waals surface area contributed by atoms with Gasteiger partial charge in [0, 0.05) is 16.8 Å². The molecule has 130 valence electrons. The van der Waals surface area contributed by atoms with Crippen LogP contribution in [0.3, 0.4) is 0 Å². The Morgan fingerprint density at radius 2 is 1.69 bits per heavy atom. The lowest BCUT2D eigenvalue weighted by molar-refractivity contribution is -0.142. The first kappa shape index (κ1) is 17.7. The number of hydrogen-bond acceptors (Lipinski definition) is 3. The first-order chi connectivity index (χ1) is 12.6. The predicted molar refractivity (Wildman–Crippen MR) is 104 cm³/mol. The standard InChI is InChI=1S/C21H16ClNO3/c22-18-9-5-15(6-10-18)7-12-21(25)26-14-20(24)23-19-11-8-16-3-1-2-4-17(16)13-19/h1-13H,14H2,(H,23,24)/b12-7+. The van der Waals surface area contributed by atoms with Gasteiger partial charge in [-0.1, -0.05) is 54.1 Å². The van der Waals surface area contributed by atoms with E-state index in [1.54, 1.807) is 30.3 Å². The molecule has 0 aromatic heterocycles. The normalized spacial score (nSPS) is 10.8. The zero-order valence-corrected chi connectivity index (χ0v) is 14.6. The highest BCUT2D eigenvalue weighted by atomic mass is 35.5. The summed E-state index contributed by atoms with van der Waals surface area (Å²) in [6.45, 7) is -0.351. The summed E-state index contributed by atoms with van der Waals surface area (Å²) in [5, 5.41) is 5.44. The zero-order chi connectivity index (χ0) is 18.4. The van der Waals surface area contributed by atoms with E-state index in [1.165, 1.54) is 6.08 Å². The number of benzene rings is 3. The average Bonchev–Trinajstić information content (AvgIpc) is 2.66. The topological polar surface area (TPSA) is 55.4 Å². The lowest BCUT2D eigenvalue weighted by Crippen LogP contribution is -2.20. The molecule has 5 heteroatoms. The average molecular weight is 366 g/mol. The number of hydrogen-bond donors (Lipinski definition) is 1. The van der Waals surface area contributed by atoms with Crippen LogP contribution in [0.15, 0.2) is 72.8 Å². The molecule has 0 spiro atoms. The van der Waals surface area contributed by atoms with Gasteiger partial charge in [0.05, 0.1) is 0 Å². The lowest BCUT2D eigenvalue weighted by Gasteiger charge is -2.06. The molecule has 0 fully saturated rings. The number of nitrogens with one attached hydrogen (secondary N) is 1. The fraction of sp³-hybridized carbons (Fsp3) is 0.0476. The Bertz CT molecular complexity index is 964. The van der Waals surface area contributed by atoms with Gasteiger partial charge < -0.3 is 10.1 Å².